The zero-order valence-electron chi connectivity index (χ0n) is 13.2. The number of hydrogen-bond acceptors (Lipinski definition) is 5. The monoisotopic (exact) mass is 324 g/mol. The van der Waals surface area contributed by atoms with Gasteiger partial charge in [0.1, 0.15) is 0 Å². The quantitative estimate of drug-likeness (QED) is 0.480. The van der Waals surface area contributed by atoms with E-state index in [1.54, 1.807) is 24.3 Å². The molecule has 3 rings (SSSR count). The van der Waals surface area contributed by atoms with Crippen molar-refractivity contribution in [3.8, 4) is 11.5 Å². The molecule has 2 aromatic rings. The van der Waals surface area contributed by atoms with Gasteiger partial charge in [0.15, 0.2) is 23.9 Å². The molecule has 0 fully saturated rings. The van der Waals surface area contributed by atoms with Gasteiger partial charge in [0.25, 0.3) is 0 Å². The fraction of sp³-hybridized carbons (Fsp3) is 0.158. The summed E-state index contributed by atoms with van der Waals surface area (Å²) in [7, 11) is 0. The largest absolute Gasteiger partial charge is 0.454 e. The van der Waals surface area contributed by atoms with Crippen molar-refractivity contribution >= 4 is 17.8 Å². The average Bonchev–Trinajstić information content (AvgIpc) is 3.05. The molecule has 1 aliphatic rings. The second-order valence-corrected chi connectivity index (χ2v) is 5.35. The standard InChI is InChI=1S/C19H16O5/c1-13-3-2-4-14(9-13)5-8-19(21)22-11-16(20)15-6-7-17-18(10-15)24-12-23-17/h2-10H,11-12H2,1H3/b8-5+. The molecule has 0 atom stereocenters. The number of rotatable bonds is 5. The molecule has 0 N–H and O–H groups in total. The zero-order valence-corrected chi connectivity index (χ0v) is 13.2. The summed E-state index contributed by atoms with van der Waals surface area (Å²) >= 11 is 0. The number of fused-ring (bicyclic) bond motifs is 1. The van der Waals surface area contributed by atoms with Crippen LogP contribution in [0.5, 0.6) is 11.5 Å². The number of ether oxygens (including phenoxy) is 3. The van der Waals surface area contributed by atoms with Gasteiger partial charge in [-0.2, -0.15) is 0 Å². The molecule has 0 radical (unpaired) electrons. The molecule has 5 nitrogen and oxygen atoms in total. The highest BCUT2D eigenvalue weighted by atomic mass is 16.7. The Hall–Kier alpha value is -3.08. The molecule has 0 amide bonds. The second kappa shape index (κ2) is 7.00. The Bertz CT molecular complexity index is 807. The van der Waals surface area contributed by atoms with E-state index in [1.807, 2.05) is 31.2 Å². The average molecular weight is 324 g/mol. The van der Waals surface area contributed by atoms with E-state index < -0.39 is 5.97 Å². The SMILES string of the molecule is Cc1cccc(/C=C/C(=O)OCC(=O)c2ccc3c(c2)OCO3)c1. The summed E-state index contributed by atoms with van der Waals surface area (Å²) in [5, 5.41) is 0. The van der Waals surface area contributed by atoms with Gasteiger partial charge >= 0.3 is 5.97 Å². The lowest BCUT2D eigenvalue weighted by Gasteiger charge is -2.03. The summed E-state index contributed by atoms with van der Waals surface area (Å²) in [6.45, 7) is 1.79. The van der Waals surface area contributed by atoms with Crippen LogP contribution in [-0.2, 0) is 9.53 Å². The topological polar surface area (TPSA) is 61.8 Å². The van der Waals surface area contributed by atoms with Gasteiger partial charge in [0, 0.05) is 11.6 Å². The van der Waals surface area contributed by atoms with Gasteiger partial charge in [-0.15, -0.1) is 0 Å². The van der Waals surface area contributed by atoms with E-state index in [0.29, 0.717) is 17.1 Å². The lowest BCUT2D eigenvalue weighted by atomic mass is 10.1. The smallest absolute Gasteiger partial charge is 0.331 e. The van der Waals surface area contributed by atoms with E-state index in [-0.39, 0.29) is 19.2 Å². The Kier molecular flexibility index (Phi) is 4.61. The first kappa shape index (κ1) is 15.8. The molecule has 0 spiro atoms. The van der Waals surface area contributed by atoms with Crippen LogP contribution in [-0.4, -0.2) is 25.2 Å². The van der Waals surface area contributed by atoms with Crippen molar-refractivity contribution in [2.24, 2.45) is 0 Å². The van der Waals surface area contributed by atoms with Crippen molar-refractivity contribution in [2.75, 3.05) is 13.4 Å². The molecule has 0 saturated heterocycles. The van der Waals surface area contributed by atoms with Crippen molar-refractivity contribution in [3.63, 3.8) is 0 Å². The highest BCUT2D eigenvalue weighted by Gasteiger charge is 2.16. The molecule has 0 unspecified atom stereocenters. The van der Waals surface area contributed by atoms with Crippen LogP contribution >= 0.6 is 0 Å². The molecule has 1 heterocycles. The Labute approximate surface area is 139 Å². The molecule has 0 saturated carbocycles. The van der Waals surface area contributed by atoms with Gasteiger partial charge in [-0.1, -0.05) is 29.8 Å². The molecule has 0 bridgehead atoms. The van der Waals surface area contributed by atoms with Crippen LogP contribution < -0.4 is 9.47 Å². The van der Waals surface area contributed by atoms with Gasteiger partial charge in [-0.05, 0) is 36.8 Å². The predicted molar refractivity (Wildman–Crippen MR) is 88.1 cm³/mol. The number of benzene rings is 2. The van der Waals surface area contributed by atoms with Crippen molar-refractivity contribution in [1.82, 2.24) is 0 Å². The molecular weight excluding hydrogens is 308 g/mol. The van der Waals surface area contributed by atoms with Crippen LogP contribution in [0.2, 0.25) is 0 Å². The molecule has 0 aromatic heterocycles. The van der Waals surface area contributed by atoms with Crippen LogP contribution in [0.1, 0.15) is 21.5 Å². The summed E-state index contributed by atoms with van der Waals surface area (Å²) in [5.41, 5.74) is 2.41. The number of carbonyl (C=O) groups excluding carboxylic acids is 2. The Balaban J connectivity index is 1.55. The lowest BCUT2D eigenvalue weighted by Crippen LogP contribution is -2.12. The highest BCUT2D eigenvalue weighted by molar-refractivity contribution is 5.99. The van der Waals surface area contributed by atoms with Gasteiger partial charge in [-0.3, -0.25) is 4.79 Å². The van der Waals surface area contributed by atoms with E-state index in [4.69, 9.17) is 14.2 Å². The maximum Gasteiger partial charge on any atom is 0.331 e. The van der Waals surface area contributed by atoms with Crippen LogP contribution in [0.3, 0.4) is 0 Å². The predicted octanol–water partition coefficient (Wildman–Crippen LogP) is 3.16. The summed E-state index contributed by atoms with van der Waals surface area (Å²) in [4.78, 5) is 23.8. The fourth-order valence-electron chi connectivity index (χ4n) is 2.28. The minimum atomic E-state index is -0.564. The molecular formula is C19H16O5. The van der Waals surface area contributed by atoms with Crippen LogP contribution in [0.4, 0.5) is 0 Å². The Morgan fingerprint density at radius 1 is 1.12 bits per heavy atom. The maximum atomic E-state index is 12.1. The summed E-state index contributed by atoms with van der Waals surface area (Å²) in [6, 6.07) is 12.6. The summed E-state index contributed by atoms with van der Waals surface area (Å²) in [5.74, 6) is 0.257. The van der Waals surface area contributed by atoms with Crippen molar-refractivity contribution in [1.29, 1.82) is 0 Å². The van der Waals surface area contributed by atoms with Crippen LogP contribution in [0.15, 0.2) is 48.5 Å². The number of hydrogen-bond donors (Lipinski definition) is 0. The van der Waals surface area contributed by atoms with E-state index in [2.05, 4.69) is 0 Å². The van der Waals surface area contributed by atoms with Crippen molar-refractivity contribution in [3.05, 3.63) is 65.2 Å². The Morgan fingerprint density at radius 2 is 1.96 bits per heavy atom. The third kappa shape index (κ3) is 3.81. The van der Waals surface area contributed by atoms with Crippen molar-refractivity contribution in [2.45, 2.75) is 6.92 Å². The minimum absolute atomic E-state index is 0.145. The second-order valence-electron chi connectivity index (χ2n) is 5.35. The number of ketones is 1. The lowest BCUT2D eigenvalue weighted by molar-refractivity contribution is -0.136. The normalized spacial score (nSPS) is 12.4. The molecule has 122 valence electrons. The first-order chi connectivity index (χ1) is 11.6. The fourth-order valence-corrected chi connectivity index (χ4v) is 2.28. The highest BCUT2D eigenvalue weighted by Crippen LogP contribution is 2.32. The van der Waals surface area contributed by atoms with E-state index in [9.17, 15) is 9.59 Å². The third-order valence-electron chi connectivity index (χ3n) is 3.49. The number of aryl methyl sites for hydroxylation is 1. The molecule has 2 aromatic carbocycles. The first-order valence-electron chi connectivity index (χ1n) is 7.46. The van der Waals surface area contributed by atoms with Gasteiger partial charge in [-0.25, -0.2) is 4.79 Å². The van der Waals surface area contributed by atoms with Gasteiger partial charge < -0.3 is 14.2 Å². The number of Topliss-reactive ketones (excluding diaryl/α,β-unsaturated/α-hetero) is 1. The van der Waals surface area contributed by atoms with E-state index in [1.165, 1.54) is 6.08 Å². The summed E-state index contributed by atoms with van der Waals surface area (Å²) < 4.78 is 15.4. The van der Waals surface area contributed by atoms with Crippen molar-refractivity contribution < 1.29 is 23.8 Å². The third-order valence-corrected chi connectivity index (χ3v) is 3.49. The maximum absolute atomic E-state index is 12.1. The van der Waals surface area contributed by atoms with Gasteiger partial charge in [0.05, 0.1) is 0 Å². The number of carbonyl (C=O) groups is 2. The molecule has 0 aliphatic carbocycles. The molecule has 5 heteroatoms. The number of esters is 1. The Morgan fingerprint density at radius 3 is 2.79 bits per heavy atom. The van der Waals surface area contributed by atoms with E-state index in [0.717, 1.165) is 11.1 Å². The molecule has 24 heavy (non-hydrogen) atoms. The first-order valence-corrected chi connectivity index (χ1v) is 7.46. The van der Waals surface area contributed by atoms with E-state index >= 15 is 0 Å². The minimum Gasteiger partial charge on any atom is -0.454 e. The van der Waals surface area contributed by atoms with Gasteiger partial charge in [0.2, 0.25) is 6.79 Å². The molecule has 1 aliphatic heterocycles. The zero-order chi connectivity index (χ0) is 16.9. The summed E-state index contributed by atoms with van der Waals surface area (Å²) in [6.07, 6.45) is 2.96. The van der Waals surface area contributed by atoms with Crippen LogP contribution in [0, 0.1) is 6.92 Å². The van der Waals surface area contributed by atoms with Crippen LogP contribution in [0.25, 0.3) is 6.08 Å².